The first-order chi connectivity index (χ1) is 5.45. The van der Waals surface area contributed by atoms with Crippen LogP contribution in [0.25, 0.3) is 0 Å². The van der Waals surface area contributed by atoms with Crippen LogP contribution >= 0.6 is 12.2 Å². The van der Waals surface area contributed by atoms with Crippen molar-refractivity contribution >= 4 is 27.4 Å². The standard InChI is InChI=1S/C4H10N2O4S2/c7-2-1-5-4(11)6-3-12(8,9)10/h7H,1-3H2,(H2,5,6,11)(H,8,9,10). The van der Waals surface area contributed by atoms with Crippen LogP contribution in [0, 0.1) is 0 Å². The molecule has 0 bridgehead atoms. The molecule has 0 aliphatic heterocycles. The molecule has 0 atom stereocenters. The maximum Gasteiger partial charge on any atom is 0.283 e. The minimum absolute atomic E-state index is 0.0710. The first-order valence-corrected chi connectivity index (χ1v) is 5.05. The third kappa shape index (κ3) is 7.66. The molecule has 8 heteroatoms. The van der Waals surface area contributed by atoms with E-state index in [1.54, 1.807) is 0 Å². The molecular formula is C4H10N2O4S2. The summed E-state index contributed by atoms with van der Waals surface area (Å²) in [4.78, 5) is 0. The van der Waals surface area contributed by atoms with Gasteiger partial charge in [0.25, 0.3) is 10.1 Å². The second-order valence-corrected chi connectivity index (χ2v) is 3.74. The van der Waals surface area contributed by atoms with Gasteiger partial charge < -0.3 is 15.7 Å². The molecule has 0 saturated carbocycles. The molecule has 6 nitrogen and oxygen atoms in total. The molecule has 0 unspecified atom stereocenters. The summed E-state index contributed by atoms with van der Waals surface area (Å²) in [6.07, 6.45) is 0. The van der Waals surface area contributed by atoms with Gasteiger partial charge in [0, 0.05) is 6.54 Å². The van der Waals surface area contributed by atoms with Gasteiger partial charge in [0.15, 0.2) is 5.11 Å². The highest BCUT2D eigenvalue weighted by atomic mass is 32.2. The Kier molecular flexibility index (Phi) is 5.06. The Morgan fingerprint density at radius 3 is 2.42 bits per heavy atom. The minimum atomic E-state index is -4.05. The maximum atomic E-state index is 10.2. The largest absolute Gasteiger partial charge is 0.395 e. The van der Waals surface area contributed by atoms with E-state index >= 15 is 0 Å². The molecule has 0 aromatic heterocycles. The molecule has 0 aromatic carbocycles. The van der Waals surface area contributed by atoms with Crippen molar-refractivity contribution in [2.45, 2.75) is 0 Å². The third-order valence-corrected chi connectivity index (χ3v) is 1.61. The normalized spacial score (nSPS) is 10.8. The van der Waals surface area contributed by atoms with Gasteiger partial charge in [0.05, 0.1) is 6.61 Å². The van der Waals surface area contributed by atoms with E-state index in [0.717, 1.165) is 0 Å². The van der Waals surface area contributed by atoms with E-state index in [0.29, 0.717) is 0 Å². The summed E-state index contributed by atoms with van der Waals surface area (Å²) >= 11 is 4.58. The first kappa shape index (κ1) is 11.6. The fraction of sp³-hybridized carbons (Fsp3) is 0.750. The molecule has 72 valence electrons. The van der Waals surface area contributed by atoms with E-state index in [1.807, 2.05) is 0 Å². The van der Waals surface area contributed by atoms with Crippen molar-refractivity contribution < 1.29 is 18.1 Å². The minimum Gasteiger partial charge on any atom is -0.395 e. The van der Waals surface area contributed by atoms with Crippen molar-refractivity contribution in [2.75, 3.05) is 19.0 Å². The van der Waals surface area contributed by atoms with E-state index in [1.165, 1.54) is 0 Å². The van der Waals surface area contributed by atoms with Gasteiger partial charge in [-0.05, 0) is 12.2 Å². The molecule has 0 aliphatic carbocycles. The lowest BCUT2D eigenvalue weighted by Gasteiger charge is -2.06. The fourth-order valence-corrected chi connectivity index (χ4v) is 0.981. The Hall–Kier alpha value is -0.440. The molecule has 0 fully saturated rings. The molecule has 0 aliphatic rings. The Bertz CT molecular complexity index is 237. The Morgan fingerprint density at radius 2 is 2.00 bits per heavy atom. The predicted molar refractivity (Wildman–Crippen MR) is 47.2 cm³/mol. The lowest BCUT2D eigenvalue weighted by atomic mass is 10.7. The highest BCUT2D eigenvalue weighted by Crippen LogP contribution is 1.76. The van der Waals surface area contributed by atoms with Crippen LogP contribution in [0.5, 0.6) is 0 Å². The summed E-state index contributed by atoms with van der Waals surface area (Å²) in [6, 6.07) is 0. The van der Waals surface area contributed by atoms with Crippen molar-refractivity contribution in [1.29, 1.82) is 0 Å². The molecule has 0 aromatic rings. The molecule has 0 rings (SSSR count). The van der Waals surface area contributed by atoms with Crippen LogP contribution in [0.15, 0.2) is 0 Å². The molecular weight excluding hydrogens is 204 g/mol. The van der Waals surface area contributed by atoms with Gasteiger partial charge in [0.1, 0.15) is 5.88 Å². The average molecular weight is 214 g/mol. The number of rotatable bonds is 4. The van der Waals surface area contributed by atoms with Gasteiger partial charge in [-0.1, -0.05) is 0 Å². The molecule has 4 N–H and O–H groups in total. The lowest BCUT2D eigenvalue weighted by molar-refractivity contribution is 0.300. The summed E-state index contributed by atoms with van der Waals surface area (Å²) in [5, 5.41) is 13.1. The van der Waals surface area contributed by atoms with Gasteiger partial charge in [0.2, 0.25) is 0 Å². The molecule has 0 radical (unpaired) electrons. The topological polar surface area (TPSA) is 98.7 Å². The van der Waals surface area contributed by atoms with Gasteiger partial charge in [-0.15, -0.1) is 0 Å². The fourth-order valence-electron chi connectivity index (χ4n) is 0.389. The number of hydrogen-bond donors (Lipinski definition) is 4. The number of hydrogen-bond acceptors (Lipinski definition) is 4. The number of thiocarbonyl (C=S) groups is 1. The van der Waals surface area contributed by atoms with E-state index in [2.05, 4.69) is 22.9 Å². The van der Waals surface area contributed by atoms with E-state index in [-0.39, 0.29) is 18.3 Å². The molecule has 0 spiro atoms. The van der Waals surface area contributed by atoms with E-state index in [4.69, 9.17) is 9.66 Å². The SMILES string of the molecule is O=S(=O)(O)CNC(=S)NCCO. The zero-order valence-electron chi connectivity index (χ0n) is 6.15. The average Bonchev–Trinajstić information content (AvgIpc) is 1.95. The summed E-state index contributed by atoms with van der Waals surface area (Å²) in [6.45, 7) is 0.130. The van der Waals surface area contributed by atoms with Crippen molar-refractivity contribution in [3.8, 4) is 0 Å². The van der Waals surface area contributed by atoms with Crippen molar-refractivity contribution in [3.05, 3.63) is 0 Å². The van der Waals surface area contributed by atoms with Gasteiger partial charge in [-0.3, -0.25) is 4.55 Å². The van der Waals surface area contributed by atoms with Gasteiger partial charge >= 0.3 is 0 Å². The van der Waals surface area contributed by atoms with Crippen molar-refractivity contribution in [1.82, 2.24) is 10.6 Å². The van der Waals surface area contributed by atoms with Gasteiger partial charge in [-0.25, -0.2) is 0 Å². The second kappa shape index (κ2) is 5.25. The van der Waals surface area contributed by atoms with Crippen molar-refractivity contribution in [3.63, 3.8) is 0 Å². The zero-order valence-corrected chi connectivity index (χ0v) is 7.78. The highest BCUT2D eigenvalue weighted by Gasteiger charge is 2.03. The van der Waals surface area contributed by atoms with Crippen LogP contribution in [0.2, 0.25) is 0 Å². The summed E-state index contributed by atoms with van der Waals surface area (Å²) < 4.78 is 28.6. The quantitative estimate of drug-likeness (QED) is 0.326. The lowest BCUT2D eigenvalue weighted by Crippen LogP contribution is -2.39. The first-order valence-electron chi connectivity index (χ1n) is 3.03. The second-order valence-electron chi connectivity index (χ2n) is 1.88. The molecule has 0 heterocycles. The molecule has 12 heavy (non-hydrogen) atoms. The molecule has 0 amide bonds. The van der Waals surface area contributed by atoms with Crippen LogP contribution < -0.4 is 10.6 Å². The van der Waals surface area contributed by atoms with Crippen LogP contribution in [0.4, 0.5) is 0 Å². The third-order valence-electron chi connectivity index (χ3n) is 0.812. The number of aliphatic hydroxyl groups excluding tert-OH is 1. The summed E-state index contributed by atoms with van der Waals surface area (Å²) in [5.74, 6) is -0.635. The maximum absolute atomic E-state index is 10.2. The van der Waals surface area contributed by atoms with E-state index in [9.17, 15) is 8.42 Å². The summed E-state index contributed by atoms with van der Waals surface area (Å²) in [5.41, 5.74) is 0. The summed E-state index contributed by atoms with van der Waals surface area (Å²) in [7, 11) is -4.05. The Morgan fingerprint density at radius 1 is 1.42 bits per heavy atom. The monoisotopic (exact) mass is 214 g/mol. The van der Waals surface area contributed by atoms with Gasteiger partial charge in [-0.2, -0.15) is 8.42 Å². The smallest absolute Gasteiger partial charge is 0.283 e. The van der Waals surface area contributed by atoms with Crippen LogP contribution in [-0.4, -0.2) is 42.2 Å². The Labute approximate surface area is 75.7 Å². The van der Waals surface area contributed by atoms with Crippen LogP contribution in [0.3, 0.4) is 0 Å². The highest BCUT2D eigenvalue weighted by molar-refractivity contribution is 7.85. The number of aliphatic hydroxyl groups is 1. The van der Waals surface area contributed by atoms with E-state index < -0.39 is 16.0 Å². The molecule has 0 saturated heterocycles. The van der Waals surface area contributed by atoms with Crippen LogP contribution in [-0.2, 0) is 10.1 Å². The van der Waals surface area contributed by atoms with Crippen molar-refractivity contribution in [2.24, 2.45) is 0 Å². The van der Waals surface area contributed by atoms with Crippen LogP contribution in [0.1, 0.15) is 0 Å². The predicted octanol–water partition coefficient (Wildman–Crippen LogP) is -1.71. The Balaban J connectivity index is 3.58. The zero-order chi connectivity index (χ0) is 9.61. The number of nitrogens with one attached hydrogen (secondary N) is 2.